The van der Waals surface area contributed by atoms with Gasteiger partial charge in [0.15, 0.2) is 6.10 Å². The second kappa shape index (κ2) is 5.28. The van der Waals surface area contributed by atoms with Crippen LogP contribution in [0.5, 0.6) is 0 Å². The molecule has 0 spiro atoms. The Hall–Kier alpha value is -0.870. The molecule has 0 saturated carbocycles. The van der Waals surface area contributed by atoms with Crippen molar-refractivity contribution in [2.45, 2.75) is 26.1 Å². The molecule has 0 heterocycles. The van der Waals surface area contributed by atoms with Crippen LogP contribution in [0.2, 0.25) is 0 Å². The van der Waals surface area contributed by atoms with Gasteiger partial charge in [-0.2, -0.15) is 0 Å². The second-order valence-corrected chi connectivity index (χ2v) is 4.28. The van der Waals surface area contributed by atoms with Gasteiger partial charge in [-0.1, -0.05) is 34.1 Å². The number of carbonyl (C=O) groups is 1. The molecule has 1 aromatic rings. The molecule has 1 N–H and O–H groups in total. The first-order valence-corrected chi connectivity index (χ1v) is 5.44. The van der Waals surface area contributed by atoms with Crippen molar-refractivity contribution in [2.75, 3.05) is 0 Å². The van der Waals surface area contributed by atoms with E-state index in [1.165, 1.54) is 0 Å². The third-order valence-corrected chi connectivity index (χ3v) is 2.54. The van der Waals surface area contributed by atoms with Gasteiger partial charge in [0.05, 0.1) is 6.10 Å². The van der Waals surface area contributed by atoms with Gasteiger partial charge in [-0.25, -0.2) is 4.79 Å². The van der Waals surface area contributed by atoms with Gasteiger partial charge in [0.1, 0.15) is 0 Å². The Kier molecular flexibility index (Phi) is 4.29. The average Bonchev–Trinajstić information content (AvgIpc) is 2.15. The monoisotopic (exact) mass is 272 g/mol. The van der Waals surface area contributed by atoms with Crippen molar-refractivity contribution in [2.24, 2.45) is 0 Å². The Bertz CT molecular complexity index is 349. The minimum Gasteiger partial charge on any atom is -0.479 e. The molecule has 0 amide bonds. The number of halogens is 1. The van der Waals surface area contributed by atoms with E-state index in [1.807, 2.05) is 19.9 Å². The van der Waals surface area contributed by atoms with Gasteiger partial charge in [0.2, 0.25) is 0 Å². The van der Waals surface area contributed by atoms with Crippen molar-refractivity contribution < 1.29 is 14.6 Å². The van der Waals surface area contributed by atoms with Gasteiger partial charge < -0.3 is 9.84 Å². The van der Waals surface area contributed by atoms with Gasteiger partial charge in [-0.15, -0.1) is 0 Å². The maximum absolute atomic E-state index is 11.0. The highest BCUT2D eigenvalue weighted by atomic mass is 79.9. The van der Waals surface area contributed by atoms with Crippen LogP contribution in [0.15, 0.2) is 28.7 Å². The average molecular weight is 273 g/mol. The lowest BCUT2D eigenvalue weighted by molar-refractivity contribution is -0.153. The standard InChI is InChI=1S/C11H13BrO3/c1-7(2)15-10(11(13)14)8-5-3-4-6-9(8)12/h3-7,10H,1-2H3,(H,13,14). The Labute approximate surface area is 97.2 Å². The summed E-state index contributed by atoms with van der Waals surface area (Å²) in [5.74, 6) is -0.976. The summed E-state index contributed by atoms with van der Waals surface area (Å²) < 4.78 is 6.10. The number of hydrogen-bond acceptors (Lipinski definition) is 2. The zero-order chi connectivity index (χ0) is 11.4. The van der Waals surface area contributed by atoms with Crippen LogP contribution in [-0.2, 0) is 9.53 Å². The van der Waals surface area contributed by atoms with E-state index >= 15 is 0 Å². The summed E-state index contributed by atoms with van der Waals surface area (Å²) >= 11 is 3.31. The Morgan fingerprint density at radius 3 is 2.47 bits per heavy atom. The molecule has 1 unspecified atom stereocenters. The van der Waals surface area contributed by atoms with Gasteiger partial charge >= 0.3 is 5.97 Å². The summed E-state index contributed by atoms with van der Waals surface area (Å²) in [6, 6.07) is 7.17. The molecule has 3 nitrogen and oxygen atoms in total. The van der Waals surface area contributed by atoms with Crippen molar-refractivity contribution in [1.82, 2.24) is 0 Å². The van der Waals surface area contributed by atoms with E-state index in [1.54, 1.807) is 18.2 Å². The lowest BCUT2D eigenvalue weighted by Crippen LogP contribution is -2.19. The third-order valence-electron chi connectivity index (χ3n) is 1.82. The first-order valence-electron chi connectivity index (χ1n) is 4.65. The zero-order valence-corrected chi connectivity index (χ0v) is 10.2. The predicted octanol–water partition coefficient (Wildman–Crippen LogP) is 3.00. The molecule has 0 aliphatic heterocycles. The third kappa shape index (κ3) is 3.32. The summed E-state index contributed by atoms with van der Waals surface area (Å²) in [4.78, 5) is 11.0. The fourth-order valence-corrected chi connectivity index (χ4v) is 1.72. The van der Waals surface area contributed by atoms with Crippen LogP contribution in [0, 0.1) is 0 Å². The van der Waals surface area contributed by atoms with Crippen LogP contribution in [0.25, 0.3) is 0 Å². The number of carboxylic acids is 1. The first kappa shape index (κ1) is 12.2. The number of carboxylic acid groups (broad SMARTS) is 1. The highest BCUT2D eigenvalue weighted by Gasteiger charge is 2.23. The largest absolute Gasteiger partial charge is 0.479 e. The first-order chi connectivity index (χ1) is 7.02. The molecule has 0 fully saturated rings. The fourth-order valence-electron chi connectivity index (χ4n) is 1.22. The molecule has 0 aliphatic rings. The van der Waals surface area contributed by atoms with Crippen molar-refractivity contribution in [3.05, 3.63) is 34.3 Å². The van der Waals surface area contributed by atoms with Crippen molar-refractivity contribution >= 4 is 21.9 Å². The molecule has 1 rings (SSSR count). The van der Waals surface area contributed by atoms with Gasteiger partial charge in [0.25, 0.3) is 0 Å². The van der Waals surface area contributed by atoms with Crippen molar-refractivity contribution in [1.29, 1.82) is 0 Å². The summed E-state index contributed by atoms with van der Waals surface area (Å²) in [5, 5.41) is 9.05. The van der Waals surface area contributed by atoms with E-state index < -0.39 is 12.1 Å². The number of benzene rings is 1. The van der Waals surface area contributed by atoms with Crippen LogP contribution < -0.4 is 0 Å². The highest BCUT2D eigenvalue weighted by molar-refractivity contribution is 9.10. The lowest BCUT2D eigenvalue weighted by atomic mass is 10.1. The summed E-state index contributed by atoms with van der Waals surface area (Å²) in [6.07, 6.45) is -1.04. The maximum Gasteiger partial charge on any atom is 0.337 e. The quantitative estimate of drug-likeness (QED) is 0.917. The van der Waals surface area contributed by atoms with E-state index in [9.17, 15) is 4.79 Å². The smallest absolute Gasteiger partial charge is 0.337 e. The van der Waals surface area contributed by atoms with E-state index in [-0.39, 0.29) is 6.10 Å². The van der Waals surface area contributed by atoms with E-state index in [4.69, 9.17) is 9.84 Å². The molecule has 15 heavy (non-hydrogen) atoms. The van der Waals surface area contributed by atoms with Crippen LogP contribution in [0.1, 0.15) is 25.5 Å². The summed E-state index contributed by atoms with van der Waals surface area (Å²) in [5.41, 5.74) is 0.638. The van der Waals surface area contributed by atoms with Crippen LogP contribution in [-0.4, -0.2) is 17.2 Å². The normalized spacial score (nSPS) is 12.8. The molecule has 82 valence electrons. The number of aliphatic carboxylic acids is 1. The Morgan fingerprint density at radius 1 is 1.40 bits per heavy atom. The molecule has 1 atom stereocenters. The predicted molar refractivity (Wildman–Crippen MR) is 60.7 cm³/mol. The van der Waals surface area contributed by atoms with Gasteiger partial charge in [0, 0.05) is 10.0 Å². The van der Waals surface area contributed by atoms with Crippen LogP contribution in [0.3, 0.4) is 0 Å². The summed E-state index contributed by atoms with van der Waals surface area (Å²) in [6.45, 7) is 3.62. The molecule has 0 bridgehead atoms. The van der Waals surface area contributed by atoms with E-state index in [0.717, 1.165) is 4.47 Å². The van der Waals surface area contributed by atoms with E-state index in [2.05, 4.69) is 15.9 Å². The van der Waals surface area contributed by atoms with Crippen LogP contribution in [0.4, 0.5) is 0 Å². The Morgan fingerprint density at radius 2 is 2.00 bits per heavy atom. The highest BCUT2D eigenvalue weighted by Crippen LogP contribution is 2.26. The maximum atomic E-state index is 11.0. The number of rotatable bonds is 4. The molecular weight excluding hydrogens is 260 g/mol. The minimum absolute atomic E-state index is 0.127. The molecule has 0 aliphatic carbocycles. The SMILES string of the molecule is CC(C)OC(C(=O)O)c1ccccc1Br. The van der Waals surface area contributed by atoms with Crippen molar-refractivity contribution in [3.8, 4) is 0 Å². The molecule has 0 radical (unpaired) electrons. The number of ether oxygens (including phenoxy) is 1. The van der Waals surface area contributed by atoms with Gasteiger partial charge in [-0.3, -0.25) is 0 Å². The minimum atomic E-state index is -0.976. The molecule has 0 saturated heterocycles. The van der Waals surface area contributed by atoms with Crippen LogP contribution >= 0.6 is 15.9 Å². The molecular formula is C11H13BrO3. The van der Waals surface area contributed by atoms with Crippen molar-refractivity contribution in [3.63, 3.8) is 0 Å². The molecule has 0 aromatic heterocycles. The number of hydrogen-bond donors (Lipinski definition) is 1. The van der Waals surface area contributed by atoms with Gasteiger partial charge in [-0.05, 0) is 19.9 Å². The zero-order valence-electron chi connectivity index (χ0n) is 8.61. The fraction of sp³-hybridized carbons (Fsp3) is 0.364. The molecule has 1 aromatic carbocycles. The van der Waals surface area contributed by atoms with E-state index in [0.29, 0.717) is 5.56 Å². The second-order valence-electron chi connectivity index (χ2n) is 3.42. The lowest BCUT2D eigenvalue weighted by Gasteiger charge is -2.17. The topological polar surface area (TPSA) is 46.5 Å². The molecule has 4 heteroatoms. The Balaban J connectivity index is 2.99. The summed E-state index contributed by atoms with van der Waals surface area (Å²) in [7, 11) is 0.